The maximum Gasteiger partial charge on any atom is 0.0683 e. The first kappa shape index (κ1) is 7.84. The summed E-state index contributed by atoms with van der Waals surface area (Å²) in [5, 5.41) is 7.45. The van der Waals surface area contributed by atoms with Gasteiger partial charge in [0.1, 0.15) is 0 Å². The maximum absolute atomic E-state index is 4.35. The number of hydrogen-bond acceptors (Lipinski definition) is 1. The van der Waals surface area contributed by atoms with Crippen LogP contribution >= 0.6 is 0 Å². The Morgan fingerprint density at radius 3 is 2.58 bits per heavy atom. The molecular formula is C10H16N2. The first-order valence-corrected chi connectivity index (χ1v) is 4.68. The fourth-order valence-electron chi connectivity index (χ4n) is 1.39. The van der Waals surface area contributed by atoms with Gasteiger partial charge in [-0.2, -0.15) is 5.10 Å². The number of aromatic nitrogens is 2. The van der Waals surface area contributed by atoms with Crippen LogP contribution in [0.2, 0.25) is 0 Å². The molecule has 0 radical (unpaired) electrons. The largest absolute Gasteiger partial charge is 0.282 e. The molecule has 1 saturated carbocycles. The van der Waals surface area contributed by atoms with E-state index in [9.17, 15) is 0 Å². The molecular weight excluding hydrogens is 148 g/mol. The van der Waals surface area contributed by atoms with Gasteiger partial charge in [-0.3, -0.25) is 5.10 Å². The van der Waals surface area contributed by atoms with E-state index in [1.807, 2.05) is 0 Å². The summed E-state index contributed by atoms with van der Waals surface area (Å²) in [4.78, 5) is 0. The van der Waals surface area contributed by atoms with Gasteiger partial charge in [-0.1, -0.05) is 20.8 Å². The van der Waals surface area contributed by atoms with E-state index in [4.69, 9.17) is 0 Å². The zero-order chi connectivity index (χ0) is 8.77. The van der Waals surface area contributed by atoms with Gasteiger partial charge in [-0.05, 0) is 24.8 Å². The molecule has 0 aliphatic heterocycles. The Morgan fingerprint density at radius 2 is 2.17 bits per heavy atom. The summed E-state index contributed by atoms with van der Waals surface area (Å²) in [5.41, 5.74) is 2.92. The quantitative estimate of drug-likeness (QED) is 0.715. The Morgan fingerprint density at radius 1 is 1.50 bits per heavy atom. The number of hydrogen-bond donors (Lipinski definition) is 1. The van der Waals surface area contributed by atoms with Crippen molar-refractivity contribution in [3.05, 3.63) is 17.5 Å². The fourth-order valence-corrected chi connectivity index (χ4v) is 1.39. The lowest BCUT2D eigenvalue weighted by molar-refractivity contribution is 0.739. The van der Waals surface area contributed by atoms with Crippen LogP contribution in [0.15, 0.2) is 6.07 Å². The van der Waals surface area contributed by atoms with Crippen LogP contribution in [0.1, 0.15) is 50.9 Å². The monoisotopic (exact) mass is 164 g/mol. The van der Waals surface area contributed by atoms with Crippen LogP contribution in [0.5, 0.6) is 0 Å². The molecule has 66 valence electrons. The SMILES string of the molecule is CC(C)c1cc(C2(C)CC2)n[nH]1. The Kier molecular flexibility index (Phi) is 1.53. The smallest absolute Gasteiger partial charge is 0.0683 e. The van der Waals surface area contributed by atoms with Crippen molar-refractivity contribution in [2.24, 2.45) is 0 Å². The van der Waals surface area contributed by atoms with Crippen LogP contribution in [0.4, 0.5) is 0 Å². The molecule has 0 aromatic carbocycles. The fraction of sp³-hybridized carbons (Fsp3) is 0.700. The molecule has 1 aliphatic rings. The number of nitrogens with one attached hydrogen (secondary N) is 1. The minimum absolute atomic E-state index is 0.406. The Balaban J connectivity index is 2.25. The van der Waals surface area contributed by atoms with Crippen molar-refractivity contribution in [1.82, 2.24) is 10.2 Å². The summed E-state index contributed by atoms with van der Waals surface area (Å²) >= 11 is 0. The summed E-state index contributed by atoms with van der Waals surface area (Å²) in [5.74, 6) is 0.564. The summed E-state index contributed by atoms with van der Waals surface area (Å²) < 4.78 is 0. The molecule has 1 N–H and O–H groups in total. The maximum atomic E-state index is 4.35. The van der Waals surface area contributed by atoms with E-state index in [0.717, 1.165) is 0 Å². The molecule has 2 nitrogen and oxygen atoms in total. The van der Waals surface area contributed by atoms with Crippen molar-refractivity contribution in [2.45, 2.75) is 44.9 Å². The van der Waals surface area contributed by atoms with Crippen molar-refractivity contribution in [2.75, 3.05) is 0 Å². The second-order valence-corrected chi connectivity index (χ2v) is 4.42. The Labute approximate surface area is 73.4 Å². The van der Waals surface area contributed by atoms with Gasteiger partial charge in [-0.15, -0.1) is 0 Å². The molecule has 2 heteroatoms. The predicted molar refractivity (Wildman–Crippen MR) is 49.3 cm³/mol. The average molecular weight is 164 g/mol. The van der Waals surface area contributed by atoms with E-state index in [1.165, 1.54) is 24.2 Å². The lowest BCUT2D eigenvalue weighted by Gasteiger charge is -2.00. The average Bonchev–Trinajstić information content (AvgIpc) is 2.61. The van der Waals surface area contributed by atoms with Crippen molar-refractivity contribution in [3.8, 4) is 0 Å². The summed E-state index contributed by atoms with van der Waals surface area (Å²) in [6, 6.07) is 2.22. The molecule has 1 aliphatic carbocycles. The highest BCUT2D eigenvalue weighted by Gasteiger charge is 2.41. The van der Waals surface area contributed by atoms with Gasteiger partial charge in [0, 0.05) is 11.1 Å². The normalized spacial score (nSPS) is 20.0. The molecule has 2 rings (SSSR count). The lowest BCUT2D eigenvalue weighted by Crippen LogP contribution is -1.99. The lowest BCUT2D eigenvalue weighted by atomic mass is 10.0. The molecule has 0 atom stereocenters. The Hall–Kier alpha value is -0.790. The second-order valence-electron chi connectivity index (χ2n) is 4.42. The highest BCUT2D eigenvalue weighted by molar-refractivity contribution is 5.25. The van der Waals surface area contributed by atoms with Gasteiger partial charge in [0.15, 0.2) is 0 Å². The van der Waals surface area contributed by atoms with Crippen molar-refractivity contribution in [1.29, 1.82) is 0 Å². The first-order valence-electron chi connectivity index (χ1n) is 4.68. The van der Waals surface area contributed by atoms with E-state index in [-0.39, 0.29) is 0 Å². The summed E-state index contributed by atoms with van der Waals surface area (Å²) in [7, 11) is 0. The predicted octanol–water partition coefficient (Wildman–Crippen LogP) is 2.58. The van der Waals surface area contributed by atoms with Crippen LogP contribution in [-0.4, -0.2) is 10.2 Å². The summed E-state index contributed by atoms with van der Waals surface area (Å²) in [6.07, 6.45) is 2.60. The molecule has 0 saturated heterocycles. The van der Waals surface area contributed by atoms with Gasteiger partial charge in [0.2, 0.25) is 0 Å². The zero-order valence-electron chi connectivity index (χ0n) is 8.02. The van der Waals surface area contributed by atoms with Crippen LogP contribution in [-0.2, 0) is 5.41 Å². The van der Waals surface area contributed by atoms with Crippen LogP contribution in [0, 0.1) is 0 Å². The van der Waals surface area contributed by atoms with E-state index < -0.39 is 0 Å². The molecule has 1 aromatic rings. The molecule has 0 amide bonds. The highest BCUT2D eigenvalue weighted by Crippen LogP contribution is 2.46. The third-order valence-electron chi connectivity index (χ3n) is 2.84. The highest BCUT2D eigenvalue weighted by atomic mass is 15.1. The molecule has 1 aromatic heterocycles. The van der Waals surface area contributed by atoms with Gasteiger partial charge in [0.25, 0.3) is 0 Å². The first-order chi connectivity index (χ1) is 5.62. The van der Waals surface area contributed by atoms with E-state index in [2.05, 4.69) is 37.0 Å². The molecule has 1 heterocycles. The molecule has 0 unspecified atom stereocenters. The molecule has 0 spiro atoms. The molecule has 12 heavy (non-hydrogen) atoms. The van der Waals surface area contributed by atoms with Crippen LogP contribution < -0.4 is 0 Å². The van der Waals surface area contributed by atoms with E-state index in [1.54, 1.807) is 0 Å². The number of aromatic amines is 1. The second kappa shape index (κ2) is 2.35. The molecule has 0 bridgehead atoms. The standard InChI is InChI=1S/C10H16N2/c1-7(2)8-6-9(12-11-8)10(3)4-5-10/h6-7H,4-5H2,1-3H3,(H,11,12). The number of H-pyrrole nitrogens is 1. The van der Waals surface area contributed by atoms with Gasteiger partial charge >= 0.3 is 0 Å². The van der Waals surface area contributed by atoms with E-state index in [0.29, 0.717) is 11.3 Å². The minimum atomic E-state index is 0.406. The Bertz CT molecular complexity index is 282. The van der Waals surface area contributed by atoms with Gasteiger partial charge in [-0.25, -0.2) is 0 Å². The summed E-state index contributed by atoms with van der Waals surface area (Å²) in [6.45, 7) is 6.66. The minimum Gasteiger partial charge on any atom is -0.282 e. The third-order valence-corrected chi connectivity index (χ3v) is 2.84. The number of rotatable bonds is 2. The van der Waals surface area contributed by atoms with Crippen molar-refractivity contribution < 1.29 is 0 Å². The zero-order valence-corrected chi connectivity index (χ0v) is 8.02. The molecule has 1 fully saturated rings. The third kappa shape index (κ3) is 1.15. The van der Waals surface area contributed by atoms with Crippen LogP contribution in [0.25, 0.3) is 0 Å². The van der Waals surface area contributed by atoms with Crippen molar-refractivity contribution >= 4 is 0 Å². The number of nitrogens with zero attached hydrogens (tertiary/aromatic N) is 1. The van der Waals surface area contributed by atoms with Gasteiger partial charge in [0.05, 0.1) is 5.69 Å². The van der Waals surface area contributed by atoms with Crippen molar-refractivity contribution in [3.63, 3.8) is 0 Å². The van der Waals surface area contributed by atoms with E-state index >= 15 is 0 Å². The van der Waals surface area contributed by atoms with Gasteiger partial charge < -0.3 is 0 Å². The topological polar surface area (TPSA) is 28.7 Å². The van der Waals surface area contributed by atoms with Crippen LogP contribution in [0.3, 0.4) is 0 Å².